The Labute approximate surface area is 142 Å². The molecule has 0 heterocycles. The van der Waals surface area contributed by atoms with Crippen molar-refractivity contribution in [3.63, 3.8) is 0 Å². The molecule has 0 aromatic heterocycles. The summed E-state index contributed by atoms with van der Waals surface area (Å²) in [4.78, 5) is 41.3. The average molecular weight is 368 g/mol. The van der Waals surface area contributed by atoms with Crippen LogP contribution in [0.25, 0.3) is 10.8 Å². The summed E-state index contributed by atoms with van der Waals surface area (Å²) in [7, 11) is 1.92. The molecule has 0 aliphatic carbocycles. The Bertz CT molecular complexity index is 907. The van der Waals surface area contributed by atoms with E-state index >= 15 is 0 Å². The fourth-order valence-electron chi connectivity index (χ4n) is 2.47. The molecule has 0 bridgehead atoms. The minimum absolute atomic E-state index is 0.594. The van der Waals surface area contributed by atoms with E-state index in [2.05, 4.69) is 0 Å². The maximum Gasteiger partial charge on any atom is 0.326 e. The second-order valence-corrected chi connectivity index (χ2v) is 4.67. The minimum atomic E-state index is -1.08. The van der Waals surface area contributed by atoms with E-state index in [-0.39, 0.29) is 0 Å². The normalized spacial score (nSPS) is 10.4. The molecule has 2 aromatic rings. The standard InChI is InChI=1S/C12H8N4O10/c1-25-7-3-5(13(17)18)10-9(11(7)15(21)22)6(14(19)20)4-8(26-2)12(10)16(23)24/h3-4H,1-2H3. The van der Waals surface area contributed by atoms with Gasteiger partial charge in [0, 0.05) is 0 Å². The second-order valence-electron chi connectivity index (χ2n) is 4.67. The third kappa shape index (κ3) is 2.64. The monoisotopic (exact) mass is 368 g/mol. The first-order valence-corrected chi connectivity index (χ1v) is 6.48. The van der Waals surface area contributed by atoms with Crippen molar-refractivity contribution in [2.75, 3.05) is 14.2 Å². The first-order valence-electron chi connectivity index (χ1n) is 6.48. The van der Waals surface area contributed by atoms with Crippen molar-refractivity contribution in [2.45, 2.75) is 0 Å². The largest absolute Gasteiger partial charge is 0.490 e. The molecule has 26 heavy (non-hydrogen) atoms. The lowest BCUT2D eigenvalue weighted by atomic mass is 10.0. The van der Waals surface area contributed by atoms with E-state index in [0.717, 1.165) is 14.2 Å². The average Bonchev–Trinajstić information content (AvgIpc) is 2.57. The number of nitro benzene ring substituents is 4. The first kappa shape index (κ1) is 18.2. The van der Waals surface area contributed by atoms with Crippen LogP contribution >= 0.6 is 0 Å². The number of fused-ring (bicyclic) bond motifs is 1. The number of rotatable bonds is 6. The molecule has 2 aromatic carbocycles. The van der Waals surface area contributed by atoms with Crippen molar-refractivity contribution in [3.05, 3.63) is 52.6 Å². The van der Waals surface area contributed by atoms with Gasteiger partial charge in [-0.15, -0.1) is 0 Å². The quantitative estimate of drug-likeness (QED) is 0.540. The number of non-ortho nitro benzene ring substituents is 2. The van der Waals surface area contributed by atoms with E-state index in [0.29, 0.717) is 12.1 Å². The van der Waals surface area contributed by atoms with Crippen LogP contribution in [-0.4, -0.2) is 33.9 Å². The van der Waals surface area contributed by atoms with Gasteiger partial charge in [-0.2, -0.15) is 0 Å². The maximum atomic E-state index is 11.4. The van der Waals surface area contributed by atoms with Gasteiger partial charge in [-0.1, -0.05) is 0 Å². The summed E-state index contributed by atoms with van der Waals surface area (Å²) in [6.07, 6.45) is 0. The summed E-state index contributed by atoms with van der Waals surface area (Å²) in [5, 5.41) is 43.8. The van der Waals surface area contributed by atoms with E-state index in [1.807, 2.05) is 0 Å². The molecule has 136 valence electrons. The summed E-state index contributed by atoms with van der Waals surface area (Å²) >= 11 is 0. The van der Waals surface area contributed by atoms with Crippen LogP contribution in [-0.2, 0) is 0 Å². The van der Waals surface area contributed by atoms with Gasteiger partial charge in [-0.05, 0) is 0 Å². The minimum Gasteiger partial charge on any atom is -0.490 e. The Morgan fingerprint density at radius 3 is 1.15 bits per heavy atom. The predicted molar refractivity (Wildman–Crippen MR) is 83.7 cm³/mol. The topological polar surface area (TPSA) is 191 Å². The van der Waals surface area contributed by atoms with E-state index in [9.17, 15) is 40.5 Å². The fraction of sp³-hybridized carbons (Fsp3) is 0.167. The van der Waals surface area contributed by atoms with Crippen LogP contribution in [0.2, 0.25) is 0 Å². The molecule has 0 saturated carbocycles. The summed E-state index contributed by atoms with van der Waals surface area (Å²) in [5.74, 6) is -1.31. The Balaban J connectivity index is 3.36. The summed E-state index contributed by atoms with van der Waals surface area (Å²) in [5.41, 5.74) is -3.97. The van der Waals surface area contributed by atoms with Gasteiger partial charge in [0.2, 0.25) is 11.5 Å². The maximum absolute atomic E-state index is 11.4. The third-order valence-electron chi connectivity index (χ3n) is 3.44. The van der Waals surface area contributed by atoms with Crippen molar-refractivity contribution in [2.24, 2.45) is 0 Å². The van der Waals surface area contributed by atoms with Gasteiger partial charge in [0.05, 0.1) is 46.0 Å². The molecular weight excluding hydrogens is 360 g/mol. The molecule has 0 aliphatic heterocycles. The lowest BCUT2D eigenvalue weighted by molar-refractivity contribution is -0.395. The number of methoxy groups -OCH3 is 2. The molecule has 0 saturated heterocycles. The summed E-state index contributed by atoms with van der Waals surface area (Å²) in [6, 6.07) is 1.19. The number of hydrogen-bond donors (Lipinski definition) is 0. The molecule has 0 fully saturated rings. The Morgan fingerprint density at radius 1 is 0.654 bits per heavy atom. The van der Waals surface area contributed by atoms with Crippen molar-refractivity contribution < 1.29 is 29.2 Å². The van der Waals surface area contributed by atoms with E-state index in [1.54, 1.807) is 0 Å². The second kappa shape index (κ2) is 6.42. The molecular formula is C12H8N4O10. The van der Waals surface area contributed by atoms with Gasteiger partial charge in [0.15, 0.2) is 10.8 Å². The third-order valence-corrected chi connectivity index (χ3v) is 3.44. The number of ether oxygens (including phenoxy) is 2. The van der Waals surface area contributed by atoms with Crippen LogP contribution in [0.15, 0.2) is 12.1 Å². The number of hydrogen-bond acceptors (Lipinski definition) is 10. The number of benzene rings is 2. The molecule has 2 rings (SSSR count). The lowest BCUT2D eigenvalue weighted by Gasteiger charge is -2.09. The van der Waals surface area contributed by atoms with Crippen molar-refractivity contribution >= 4 is 33.5 Å². The van der Waals surface area contributed by atoms with Crippen LogP contribution in [0.1, 0.15) is 0 Å². The van der Waals surface area contributed by atoms with Crippen LogP contribution in [0.5, 0.6) is 11.5 Å². The molecule has 0 N–H and O–H groups in total. The summed E-state index contributed by atoms with van der Waals surface area (Å²) in [6.45, 7) is 0. The van der Waals surface area contributed by atoms with E-state index < -0.39 is 64.7 Å². The molecule has 14 heteroatoms. The molecule has 0 atom stereocenters. The Kier molecular flexibility index (Phi) is 4.51. The van der Waals surface area contributed by atoms with E-state index in [1.165, 1.54) is 0 Å². The van der Waals surface area contributed by atoms with Crippen LogP contribution < -0.4 is 9.47 Å². The van der Waals surface area contributed by atoms with Gasteiger partial charge >= 0.3 is 11.4 Å². The van der Waals surface area contributed by atoms with Crippen LogP contribution in [0, 0.1) is 40.5 Å². The van der Waals surface area contributed by atoms with Crippen LogP contribution in [0.3, 0.4) is 0 Å². The molecule has 0 spiro atoms. The van der Waals surface area contributed by atoms with Gasteiger partial charge in [-0.3, -0.25) is 40.5 Å². The van der Waals surface area contributed by atoms with Gasteiger partial charge in [0.25, 0.3) is 11.4 Å². The zero-order valence-electron chi connectivity index (χ0n) is 13.0. The van der Waals surface area contributed by atoms with Gasteiger partial charge in [-0.25, -0.2) is 0 Å². The Hall–Kier alpha value is -4.10. The van der Waals surface area contributed by atoms with Gasteiger partial charge < -0.3 is 9.47 Å². The highest BCUT2D eigenvalue weighted by Crippen LogP contribution is 2.51. The molecule has 0 radical (unpaired) electrons. The summed E-state index contributed by atoms with van der Waals surface area (Å²) < 4.78 is 9.45. The fourth-order valence-corrected chi connectivity index (χ4v) is 2.47. The smallest absolute Gasteiger partial charge is 0.326 e. The zero-order chi connectivity index (χ0) is 19.8. The molecule has 0 unspecified atom stereocenters. The molecule has 14 nitrogen and oxygen atoms in total. The van der Waals surface area contributed by atoms with Crippen molar-refractivity contribution in [1.82, 2.24) is 0 Å². The van der Waals surface area contributed by atoms with Crippen LogP contribution in [0.4, 0.5) is 22.7 Å². The van der Waals surface area contributed by atoms with Crippen molar-refractivity contribution in [3.8, 4) is 11.5 Å². The molecule has 0 aliphatic rings. The van der Waals surface area contributed by atoms with Crippen molar-refractivity contribution in [1.29, 1.82) is 0 Å². The first-order chi connectivity index (χ1) is 12.1. The lowest BCUT2D eigenvalue weighted by Crippen LogP contribution is -2.04. The van der Waals surface area contributed by atoms with Gasteiger partial charge in [0.1, 0.15) is 0 Å². The number of nitro groups is 4. The number of nitrogens with zero attached hydrogens (tertiary/aromatic N) is 4. The Morgan fingerprint density at radius 2 is 0.962 bits per heavy atom. The molecule has 0 amide bonds. The highest BCUT2D eigenvalue weighted by Gasteiger charge is 2.40. The highest BCUT2D eigenvalue weighted by molar-refractivity contribution is 6.11. The van der Waals surface area contributed by atoms with E-state index in [4.69, 9.17) is 9.47 Å². The predicted octanol–water partition coefficient (Wildman–Crippen LogP) is 2.49. The zero-order valence-corrected chi connectivity index (χ0v) is 13.0. The SMILES string of the molecule is COc1cc([N+](=O)[O-])c2c([N+](=O)[O-])c(OC)cc([N+](=O)[O-])c2c1[N+](=O)[O-]. The highest BCUT2D eigenvalue weighted by atomic mass is 16.6.